The van der Waals surface area contributed by atoms with Gasteiger partial charge >= 0.3 is 0 Å². The summed E-state index contributed by atoms with van der Waals surface area (Å²) in [5.41, 5.74) is 2.26. The first kappa shape index (κ1) is 13.9. The molecule has 1 N–H and O–H groups in total. The Kier molecular flexibility index (Phi) is 4.40. The predicted octanol–water partition coefficient (Wildman–Crippen LogP) is 2.11. The predicted molar refractivity (Wildman–Crippen MR) is 84.8 cm³/mol. The summed E-state index contributed by atoms with van der Waals surface area (Å²) in [6, 6.07) is 11.3. The molecule has 21 heavy (non-hydrogen) atoms. The minimum Gasteiger partial charge on any atom is -0.432 e. The maximum absolute atomic E-state index is 5.60. The van der Waals surface area contributed by atoms with Crippen LogP contribution in [0.4, 0.5) is 11.7 Å². The molecular weight excluding hydrogens is 264 g/mol. The number of hydrogen-bond donors (Lipinski definition) is 1. The van der Waals surface area contributed by atoms with Gasteiger partial charge in [-0.3, -0.25) is 0 Å². The van der Waals surface area contributed by atoms with Crippen LogP contribution in [0.3, 0.4) is 0 Å². The van der Waals surface area contributed by atoms with E-state index >= 15 is 0 Å². The molecule has 1 fully saturated rings. The third-order valence-electron chi connectivity index (χ3n) is 3.77. The highest BCUT2D eigenvalue weighted by Gasteiger charge is 2.20. The molecule has 1 aliphatic heterocycles. The molecule has 0 spiro atoms. The number of anilines is 2. The normalized spacial score (nSPS) is 15.5. The second-order valence-electron chi connectivity index (χ2n) is 5.21. The van der Waals surface area contributed by atoms with Crippen LogP contribution in [0, 0.1) is 0 Å². The summed E-state index contributed by atoms with van der Waals surface area (Å²) in [6.07, 6.45) is 1.75. The second kappa shape index (κ2) is 6.63. The Bertz CT molecular complexity index is 546. The minimum atomic E-state index is 0.746. The number of rotatable bonds is 5. The molecule has 0 radical (unpaired) electrons. The number of para-hydroxylation sites is 1. The Labute approximate surface area is 125 Å². The highest BCUT2D eigenvalue weighted by molar-refractivity contribution is 5.47. The molecule has 2 aromatic rings. The molecule has 0 aliphatic carbocycles. The maximum Gasteiger partial charge on any atom is 0.297 e. The van der Waals surface area contributed by atoms with Crippen LogP contribution >= 0.6 is 0 Å². The van der Waals surface area contributed by atoms with Crippen molar-refractivity contribution in [1.29, 1.82) is 0 Å². The number of benzene rings is 1. The van der Waals surface area contributed by atoms with Crippen molar-refractivity contribution in [1.82, 2.24) is 10.3 Å². The Morgan fingerprint density at radius 2 is 1.81 bits per heavy atom. The zero-order chi connectivity index (χ0) is 14.5. The van der Waals surface area contributed by atoms with Crippen LogP contribution in [0.15, 0.2) is 41.0 Å². The average molecular weight is 286 g/mol. The SMILES string of the molecule is CCNCc1coc(N2CCN(c3ccccc3)CC2)n1. The fraction of sp³-hybridized carbons (Fsp3) is 0.438. The molecule has 1 aromatic carbocycles. The highest BCUT2D eigenvalue weighted by atomic mass is 16.4. The van der Waals surface area contributed by atoms with E-state index in [2.05, 4.69) is 57.4 Å². The number of nitrogens with one attached hydrogen (secondary N) is 1. The van der Waals surface area contributed by atoms with Gasteiger partial charge in [0.05, 0.1) is 5.69 Å². The topological polar surface area (TPSA) is 44.5 Å². The Morgan fingerprint density at radius 1 is 1.10 bits per heavy atom. The van der Waals surface area contributed by atoms with Gasteiger partial charge in [0.1, 0.15) is 6.26 Å². The van der Waals surface area contributed by atoms with Crippen molar-refractivity contribution >= 4 is 11.7 Å². The first-order valence-electron chi connectivity index (χ1n) is 7.57. The summed E-state index contributed by atoms with van der Waals surface area (Å²) in [5, 5.41) is 3.26. The molecule has 0 saturated carbocycles. The molecule has 1 aliphatic rings. The van der Waals surface area contributed by atoms with Gasteiger partial charge in [0, 0.05) is 38.4 Å². The van der Waals surface area contributed by atoms with Crippen molar-refractivity contribution in [3.63, 3.8) is 0 Å². The van der Waals surface area contributed by atoms with Crippen LogP contribution in [0.1, 0.15) is 12.6 Å². The summed E-state index contributed by atoms with van der Waals surface area (Å²) in [5.74, 6) is 0. The third kappa shape index (κ3) is 3.36. The second-order valence-corrected chi connectivity index (χ2v) is 5.21. The fourth-order valence-corrected chi connectivity index (χ4v) is 2.57. The molecule has 0 unspecified atom stereocenters. The van der Waals surface area contributed by atoms with Crippen molar-refractivity contribution < 1.29 is 4.42 Å². The zero-order valence-corrected chi connectivity index (χ0v) is 12.5. The molecule has 0 atom stereocenters. The van der Waals surface area contributed by atoms with Gasteiger partial charge in [0.15, 0.2) is 0 Å². The standard InChI is InChI=1S/C16H22N4O/c1-2-17-12-14-13-21-16(18-14)20-10-8-19(9-11-20)15-6-4-3-5-7-15/h3-7,13,17H,2,8-12H2,1H3. The molecule has 1 aromatic heterocycles. The van der Waals surface area contributed by atoms with E-state index in [1.807, 2.05) is 0 Å². The Morgan fingerprint density at radius 3 is 2.52 bits per heavy atom. The van der Waals surface area contributed by atoms with E-state index in [1.54, 1.807) is 6.26 Å². The molecule has 0 bridgehead atoms. The van der Waals surface area contributed by atoms with Gasteiger partial charge in [-0.05, 0) is 18.7 Å². The number of aromatic nitrogens is 1. The molecule has 5 heteroatoms. The molecule has 5 nitrogen and oxygen atoms in total. The summed E-state index contributed by atoms with van der Waals surface area (Å²) in [4.78, 5) is 9.17. The van der Waals surface area contributed by atoms with Crippen molar-refractivity contribution in [2.24, 2.45) is 0 Å². The maximum atomic E-state index is 5.60. The minimum absolute atomic E-state index is 0.746. The van der Waals surface area contributed by atoms with E-state index in [9.17, 15) is 0 Å². The monoisotopic (exact) mass is 286 g/mol. The molecule has 2 heterocycles. The number of hydrogen-bond acceptors (Lipinski definition) is 5. The van der Waals surface area contributed by atoms with Crippen molar-refractivity contribution in [3.05, 3.63) is 42.3 Å². The first-order valence-corrected chi connectivity index (χ1v) is 7.57. The average Bonchev–Trinajstić information content (AvgIpc) is 3.03. The Balaban J connectivity index is 1.57. The van der Waals surface area contributed by atoms with E-state index in [4.69, 9.17) is 4.42 Å². The van der Waals surface area contributed by atoms with Crippen LogP contribution in [0.2, 0.25) is 0 Å². The molecule has 112 valence electrons. The van der Waals surface area contributed by atoms with E-state index in [-0.39, 0.29) is 0 Å². The van der Waals surface area contributed by atoms with E-state index < -0.39 is 0 Å². The quantitative estimate of drug-likeness (QED) is 0.912. The van der Waals surface area contributed by atoms with Gasteiger partial charge in [-0.25, -0.2) is 0 Å². The van der Waals surface area contributed by atoms with Gasteiger partial charge < -0.3 is 19.5 Å². The van der Waals surface area contributed by atoms with Gasteiger partial charge in [0.25, 0.3) is 6.01 Å². The lowest BCUT2D eigenvalue weighted by Gasteiger charge is -2.35. The highest BCUT2D eigenvalue weighted by Crippen LogP contribution is 2.19. The van der Waals surface area contributed by atoms with E-state index in [1.165, 1.54) is 5.69 Å². The molecule has 3 rings (SSSR count). The van der Waals surface area contributed by atoms with E-state index in [0.29, 0.717) is 0 Å². The van der Waals surface area contributed by atoms with Crippen LogP contribution in [-0.2, 0) is 6.54 Å². The molecule has 0 amide bonds. The van der Waals surface area contributed by atoms with Crippen molar-refractivity contribution in [3.8, 4) is 0 Å². The van der Waals surface area contributed by atoms with Crippen LogP contribution in [-0.4, -0.2) is 37.7 Å². The van der Waals surface area contributed by atoms with Crippen molar-refractivity contribution in [2.45, 2.75) is 13.5 Å². The fourth-order valence-electron chi connectivity index (χ4n) is 2.57. The lowest BCUT2D eigenvalue weighted by Crippen LogP contribution is -2.46. The van der Waals surface area contributed by atoms with Crippen LogP contribution in [0.25, 0.3) is 0 Å². The summed E-state index contributed by atoms with van der Waals surface area (Å²) >= 11 is 0. The lowest BCUT2D eigenvalue weighted by molar-refractivity contribution is 0.515. The lowest BCUT2D eigenvalue weighted by atomic mass is 10.2. The summed E-state index contributed by atoms with van der Waals surface area (Å²) in [7, 11) is 0. The van der Waals surface area contributed by atoms with Crippen LogP contribution in [0.5, 0.6) is 0 Å². The van der Waals surface area contributed by atoms with E-state index in [0.717, 1.165) is 51.0 Å². The largest absolute Gasteiger partial charge is 0.432 e. The number of piperazine rings is 1. The summed E-state index contributed by atoms with van der Waals surface area (Å²) < 4.78 is 5.60. The Hall–Kier alpha value is -2.01. The van der Waals surface area contributed by atoms with Gasteiger partial charge in [-0.15, -0.1) is 0 Å². The van der Waals surface area contributed by atoms with Gasteiger partial charge in [0.2, 0.25) is 0 Å². The third-order valence-corrected chi connectivity index (χ3v) is 3.77. The first-order chi connectivity index (χ1) is 10.4. The number of oxazole rings is 1. The smallest absolute Gasteiger partial charge is 0.297 e. The van der Waals surface area contributed by atoms with Crippen LogP contribution < -0.4 is 15.1 Å². The zero-order valence-electron chi connectivity index (χ0n) is 12.5. The summed E-state index contributed by atoms with van der Waals surface area (Å²) in [6.45, 7) is 7.67. The molecular formula is C16H22N4O. The molecule has 1 saturated heterocycles. The van der Waals surface area contributed by atoms with Gasteiger partial charge in [-0.2, -0.15) is 4.98 Å². The number of nitrogens with zero attached hydrogens (tertiary/aromatic N) is 3. The van der Waals surface area contributed by atoms with Gasteiger partial charge in [-0.1, -0.05) is 25.1 Å². The van der Waals surface area contributed by atoms with Crippen molar-refractivity contribution in [2.75, 3.05) is 42.5 Å².